The van der Waals surface area contributed by atoms with Gasteiger partial charge in [0, 0.05) is 12.0 Å². The monoisotopic (exact) mass is 417 g/mol. The van der Waals surface area contributed by atoms with Crippen LogP contribution in [0.5, 0.6) is 17.2 Å². The van der Waals surface area contributed by atoms with Gasteiger partial charge in [0.2, 0.25) is 18.1 Å². The van der Waals surface area contributed by atoms with Crippen LogP contribution < -0.4 is 32.4 Å². The van der Waals surface area contributed by atoms with Crippen molar-refractivity contribution in [2.45, 2.75) is 26.1 Å². The lowest BCUT2D eigenvalue weighted by Gasteiger charge is -2.23. The van der Waals surface area contributed by atoms with Gasteiger partial charge in [-0.15, -0.1) is 0 Å². The number of nitrogens with zero attached hydrogens (tertiary/aromatic N) is 2. The summed E-state index contributed by atoms with van der Waals surface area (Å²) in [6.07, 6.45) is 5.17. The van der Waals surface area contributed by atoms with Crippen molar-refractivity contribution in [3.8, 4) is 17.2 Å². The fraction of sp³-hybridized carbons (Fsp3) is 0.318. The fourth-order valence-corrected chi connectivity index (χ4v) is 3.53. The molecule has 1 heterocycles. The van der Waals surface area contributed by atoms with Crippen molar-refractivity contribution in [3.05, 3.63) is 65.6 Å². The van der Waals surface area contributed by atoms with Crippen molar-refractivity contribution >= 4 is 6.21 Å². The Morgan fingerprint density at radius 2 is 1.66 bits per heavy atom. The molecule has 0 spiro atoms. The Bertz CT molecular complexity index is 859. The molecule has 0 saturated heterocycles. The maximum absolute atomic E-state index is 6.37. The number of benzene rings is 2. The molecule has 7 heteroatoms. The van der Waals surface area contributed by atoms with E-state index in [2.05, 4.69) is 34.7 Å². The van der Waals surface area contributed by atoms with Crippen LogP contribution in [-0.2, 0) is 6.54 Å². The third kappa shape index (κ3) is 4.77. The first-order valence-corrected chi connectivity index (χ1v) is 9.31. The van der Waals surface area contributed by atoms with Crippen LogP contribution in [0, 0.1) is 0 Å². The molecule has 2 N–H and O–H groups in total. The van der Waals surface area contributed by atoms with Gasteiger partial charge < -0.3 is 32.4 Å². The molecule has 0 fully saturated rings. The summed E-state index contributed by atoms with van der Waals surface area (Å²) in [5.74, 6) is 2.59. The summed E-state index contributed by atoms with van der Waals surface area (Å²) in [4.78, 5) is 2.18. The van der Waals surface area contributed by atoms with Crippen LogP contribution in [0.1, 0.15) is 24.5 Å². The van der Waals surface area contributed by atoms with Crippen LogP contribution in [0.15, 0.2) is 54.5 Å². The van der Waals surface area contributed by atoms with E-state index < -0.39 is 0 Å². The molecule has 6 nitrogen and oxygen atoms in total. The first-order chi connectivity index (χ1) is 13.6. The van der Waals surface area contributed by atoms with Crippen molar-refractivity contribution in [3.63, 3.8) is 0 Å². The van der Waals surface area contributed by atoms with E-state index in [0.717, 1.165) is 23.4 Å². The van der Waals surface area contributed by atoms with E-state index in [4.69, 9.17) is 19.9 Å². The van der Waals surface area contributed by atoms with Crippen molar-refractivity contribution in [2.75, 3.05) is 21.3 Å². The van der Waals surface area contributed by atoms with Gasteiger partial charge in [-0.3, -0.25) is 4.90 Å². The zero-order valence-electron chi connectivity index (χ0n) is 17.3. The zero-order valence-corrected chi connectivity index (χ0v) is 18.0. The highest BCUT2D eigenvalue weighted by atomic mass is 35.5. The van der Waals surface area contributed by atoms with E-state index >= 15 is 0 Å². The Morgan fingerprint density at radius 1 is 1.03 bits per heavy atom. The average Bonchev–Trinajstić information content (AvgIpc) is 3.01. The number of ether oxygens (including phenoxy) is 3. The quantitative estimate of drug-likeness (QED) is 0.650. The zero-order chi connectivity index (χ0) is 20.1. The van der Waals surface area contributed by atoms with E-state index in [9.17, 15) is 0 Å². The first-order valence-electron chi connectivity index (χ1n) is 9.31. The number of halogens is 1. The van der Waals surface area contributed by atoms with Crippen molar-refractivity contribution in [2.24, 2.45) is 5.73 Å². The molecule has 156 valence electrons. The molecular formula is C22H28ClN3O3. The molecule has 1 unspecified atom stereocenters. The van der Waals surface area contributed by atoms with Crippen LogP contribution >= 0.6 is 0 Å². The van der Waals surface area contributed by atoms with Gasteiger partial charge >= 0.3 is 0 Å². The van der Waals surface area contributed by atoms with Crippen LogP contribution in [0.3, 0.4) is 0 Å². The normalized spacial score (nSPS) is 17.0. The molecule has 1 aliphatic rings. The van der Waals surface area contributed by atoms with Gasteiger partial charge in [0.05, 0.1) is 27.9 Å². The fourth-order valence-electron chi connectivity index (χ4n) is 3.53. The van der Waals surface area contributed by atoms with Gasteiger partial charge in [0.25, 0.3) is 0 Å². The van der Waals surface area contributed by atoms with E-state index in [1.807, 2.05) is 36.5 Å². The summed E-state index contributed by atoms with van der Waals surface area (Å²) in [6.45, 7) is 2.79. The number of rotatable bonds is 7. The summed E-state index contributed by atoms with van der Waals surface area (Å²) in [5.41, 5.74) is 8.54. The van der Waals surface area contributed by atoms with Gasteiger partial charge in [-0.05, 0) is 29.8 Å². The van der Waals surface area contributed by atoms with E-state index in [1.165, 1.54) is 0 Å². The predicted octanol–water partition coefficient (Wildman–Crippen LogP) is 0.157. The Morgan fingerprint density at radius 3 is 2.17 bits per heavy atom. The second-order valence-electron chi connectivity index (χ2n) is 6.59. The van der Waals surface area contributed by atoms with Gasteiger partial charge in [0.15, 0.2) is 23.5 Å². The molecule has 2 aromatic rings. The van der Waals surface area contributed by atoms with E-state index in [-0.39, 0.29) is 18.6 Å². The van der Waals surface area contributed by atoms with Crippen LogP contribution in [0.2, 0.25) is 0 Å². The Labute approximate surface area is 178 Å². The second-order valence-corrected chi connectivity index (χ2v) is 6.59. The molecule has 0 aliphatic carbocycles. The van der Waals surface area contributed by atoms with Gasteiger partial charge in [-0.1, -0.05) is 25.1 Å². The molecule has 1 aliphatic heterocycles. The SMILES string of the molecule is CCC1N(Cc2cc(OC)c(OC)c(OC)c2)C(N)=C[N+]1=Cc1ccccc1.[Cl-]. The standard InChI is InChI=1S/C22H28N3O3.ClH/c1-5-21-24(13-16-9-7-6-8-10-16)15-20(23)25(21)14-17-11-18(26-2)22(28-4)19(12-17)27-3;/h6-13,15,21H,5,14,23H2,1-4H3;1H/q+1;/p-1. The Hall–Kier alpha value is -2.86. The predicted molar refractivity (Wildman–Crippen MR) is 110 cm³/mol. The lowest BCUT2D eigenvalue weighted by atomic mass is 10.1. The number of methoxy groups -OCH3 is 3. The molecule has 0 radical (unpaired) electrons. The van der Waals surface area contributed by atoms with Crippen molar-refractivity contribution < 1.29 is 31.2 Å². The molecule has 2 aromatic carbocycles. The van der Waals surface area contributed by atoms with Crippen LogP contribution in [0.4, 0.5) is 0 Å². The van der Waals surface area contributed by atoms with Gasteiger partial charge in [0.1, 0.15) is 0 Å². The minimum atomic E-state index is 0. The van der Waals surface area contributed by atoms with Crippen LogP contribution in [-0.4, -0.2) is 43.2 Å². The van der Waals surface area contributed by atoms with Crippen molar-refractivity contribution in [1.82, 2.24) is 4.90 Å². The average molecular weight is 418 g/mol. The highest BCUT2D eigenvalue weighted by Gasteiger charge is 2.34. The summed E-state index contributed by atoms with van der Waals surface area (Å²) in [5, 5.41) is 0. The molecule has 0 aromatic heterocycles. The Balaban J connectivity index is 0.00000300. The maximum atomic E-state index is 6.37. The number of hydrogen-bond donors (Lipinski definition) is 1. The van der Waals surface area contributed by atoms with Gasteiger partial charge in [-0.25, -0.2) is 0 Å². The Kier molecular flexibility index (Phi) is 7.79. The first kappa shape index (κ1) is 22.4. The highest BCUT2D eigenvalue weighted by Crippen LogP contribution is 2.39. The summed E-state index contributed by atoms with van der Waals surface area (Å²) in [6, 6.07) is 14.2. The minimum absolute atomic E-state index is 0. The largest absolute Gasteiger partial charge is 1.00 e. The lowest BCUT2D eigenvalue weighted by Crippen LogP contribution is -3.00. The lowest BCUT2D eigenvalue weighted by molar-refractivity contribution is -0.507. The molecule has 3 rings (SSSR count). The summed E-state index contributed by atoms with van der Waals surface area (Å²) in [7, 11) is 4.85. The third-order valence-electron chi connectivity index (χ3n) is 4.86. The molecule has 0 saturated carbocycles. The molecule has 1 atom stereocenters. The molecule has 29 heavy (non-hydrogen) atoms. The molecular weight excluding hydrogens is 390 g/mol. The van der Waals surface area contributed by atoms with Crippen LogP contribution in [0.25, 0.3) is 0 Å². The van der Waals surface area contributed by atoms with E-state index in [0.29, 0.717) is 23.8 Å². The van der Waals surface area contributed by atoms with Crippen molar-refractivity contribution in [1.29, 1.82) is 0 Å². The smallest absolute Gasteiger partial charge is 0.235 e. The third-order valence-corrected chi connectivity index (χ3v) is 4.86. The summed E-state index contributed by atoms with van der Waals surface area (Å²) < 4.78 is 18.5. The summed E-state index contributed by atoms with van der Waals surface area (Å²) >= 11 is 0. The van der Waals surface area contributed by atoms with E-state index in [1.54, 1.807) is 21.3 Å². The highest BCUT2D eigenvalue weighted by molar-refractivity contribution is 5.75. The van der Waals surface area contributed by atoms with Gasteiger partial charge in [-0.2, -0.15) is 4.58 Å². The maximum Gasteiger partial charge on any atom is 0.235 e. The molecule has 0 amide bonds. The number of hydrogen-bond acceptors (Lipinski definition) is 5. The minimum Gasteiger partial charge on any atom is -1.00 e. The topological polar surface area (TPSA) is 60.0 Å². The molecule has 0 bridgehead atoms. The number of nitrogens with two attached hydrogens (primary N) is 1. The second kappa shape index (κ2) is 10.1.